The van der Waals surface area contributed by atoms with E-state index in [2.05, 4.69) is 0 Å². The topological polar surface area (TPSA) is 55.8 Å². The number of carbonyl (C=O) groups is 1. The van der Waals surface area contributed by atoms with E-state index in [4.69, 9.17) is 9.47 Å². The number of hydrogen-bond donors (Lipinski definition) is 1. The Bertz CT molecular complexity index is 368. The molecule has 2 aliphatic heterocycles. The van der Waals surface area contributed by atoms with Crippen LogP contribution in [0.25, 0.3) is 0 Å². The number of carbonyl (C=O) groups excluding carboxylic acids is 1. The maximum absolute atomic E-state index is 12.1. The summed E-state index contributed by atoms with van der Waals surface area (Å²) in [6.07, 6.45) is 1.63. The molecule has 0 aromatic carbocycles. The molecule has 0 unspecified atom stereocenters. The number of Topliss-reactive ketones (excluding diaryl/α,β-unsaturated/α-hetero) is 1. The lowest BCUT2D eigenvalue weighted by molar-refractivity contribution is -0.245. The monoisotopic (exact) mass is 240 g/mol. The van der Waals surface area contributed by atoms with Gasteiger partial charge in [0.05, 0.1) is 23.2 Å². The number of rotatable bonds is 1. The van der Waals surface area contributed by atoms with Gasteiger partial charge in [0, 0.05) is 19.4 Å². The SMILES string of the molecule is CO[C@@H]1C(=O)C[C@@]2(O)[C@H](C)[C@@H]3CC[C@@H](O3)[C@@]12C. The highest BCUT2D eigenvalue weighted by atomic mass is 16.5. The quantitative estimate of drug-likeness (QED) is 0.740. The van der Waals surface area contributed by atoms with Crippen molar-refractivity contribution in [3.8, 4) is 0 Å². The zero-order valence-electron chi connectivity index (χ0n) is 10.6. The summed E-state index contributed by atoms with van der Waals surface area (Å²) in [6.45, 7) is 3.95. The molecule has 0 aromatic heterocycles. The summed E-state index contributed by atoms with van der Waals surface area (Å²) >= 11 is 0. The van der Waals surface area contributed by atoms with Gasteiger partial charge < -0.3 is 14.6 Å². The summed E-state index contributed by atoms with van der Waals surface area (Å²) in [5.41, 5.74) is -1.56. The molecule has 3 fully saturated rings. The zero-order chi connectivity index (χ0) is 12.4. The van der Waals surface area contributed by atoms with Crippen molar-refractivity contribution in [2.24, 2.45) is 11.3 Å². The van der Waals surface area contributed by atoms with Crippen molar-refractivity contribution in [3.05, 3.63) is 0 Å². The summed E-state index contributed by atoms with van der Waals surface area (Å²) in [5.74, 6) is 0.0100. The maximum atomic E-state index is 12.1. The largest absolute Gasteiger partial charge is 0.388 e. The second-order valence-electron chi connectivity index (χ2n) is 5.99. The second-order valence-corrected chi connectivity index (χ2v) is 5.99. The second kappa shape index (κ2) is 3.31. The molecule has 1 saturated carbocycles. The van der Waals surface area contributed by atoms with Crippen LogP contribution in [0.15, 0.2) is 0 Å². The van der Waals surface area contributed by atoms with Crippen molar-refractivity contribution in [1.82, 2.24) is 0 Å². The minimum absolute atomic E-state index is 0.00431. The molecular formula is C13H20O4. The molecule has 0 radical (unpaired) electrons. The third-order valence-corrected chi connectivity index (χ3v) is 5.48. The highest BCUT2D eigenvalue weighted by Crippen LogP contribution is 2.60. The van der Waals surface area contributed by atoms with Gasteiger partial charge >= 0.3 is 0 Å². The van der Waals surface area contributed by atoms with Gasteiger partial charge in [0.1, 0.15) is 6.10 Å². The number of methoxy groups -OCH3 is 1. The van der Waals surface area contributed by atoms with Gasteiger partial charge in [-0.3, -0.25) is 4.79 Å². The Morgan fingerprint density at radius 1 is 1.47 bits per heavy atom. The van der Waals surface area contributed by atoms with Crippen molar-refractivity contribution >= 4 is 5.78 Å². The zero-order valence-corrected chi connectivity index (χ0v) is 10.6. The van der Waals surface area contributed by atoms with E-state index in [1.54, 1.807) is 7.11 Å². The summed E-state index contributed by atoms with van der Waals surface area (Å²) < 4.78 is 11.4. The number of hydrogen-bond acceptors (Lipinski definition) is 4. The van der Waals surface area contributed by atoms with Crippen LogP contribution in [0.4, 0.5) is 0 Å². The van der Waals surface area contributed by atoms with Crippen LogP contribution in [0.3, 0.4) is 0 Å². The first-order chi connectivity index (χ1) is 7.95. The molecule has 96 valence electrons. The molecule has 2 heterocycles. The van der Waals surface area contributed by atoms with Crippen molar-refractivity contribution in [2.75, 3.05) is 7.11 Å². The van der Waals surface area contributed by atoms with E-state index in [1.807, 2.05) is 13.8 Å². The van der Waals surface area contributed by atoms with E-state index >= 15 is 0 Å². The summed E-state index contributed by atoms with van der Waals surface area (Å²) in [5, 5.41) is 11.0. The van der Waals surface area contributed by atoms with Crippen molar-refractivity contribution in [3.63, 3.8) is 0 Å². The Balaban J connectivity index is 2.12. The summed E-state index contributed by atoms with van der Waals surface area (Å²) in [4.78, 5) is 12.1. The van der Waals surface area contributed by atoms with E-state index in [-0.39, 0.29) is 30.3 Å². The van der Waals surface area contributed by atoms with Crippen molar-refractivity contribution in [2.45, 2.75) is 57.0 Å². The lowest BCUT2D eigenvalue weighted by Gasteiger charge is -2.52. The molecule has 2 bridgehead atoms. The fourth-order valence-corrected chi connectivity index (χ4v) is 4.36. The number of aliphatic hydroxyl groups is 1. The highest BCUT2D eigenvalue weighted by Gasteiger charge is 2.71. The molecule has 3 aliphatic rings. The first-order valence-electron chi connectivity index (χ1n) is 6.38. The molecule has 4 heteroatoms. The van der Waals surface area contributed by atoms with Crippen LogP contribution < -0.4 is 0 Å². The van der Waals surface area contributed by atoms with Crippen LogP contribution in [0, 0.1) is 11.3 Å². The fraction of sp³-hybridized carbons (Fsp3) is 0.923. The summed E-state index contributed by atoms with van der Waals surface area (Å²) in [6, 6.07) is 0. The Hall–Kier alpha value is -0.450. The third kappa shape index (κ3) is 1.12. The highest BCUT2D eigenvalue weighted by molar-refractivity contribution is 5.88. The maximum Gasteiger partial charge on any atom is 0.165 e. The Labute approximate surface area is 101 Å². The van der Waals surface area contributed by atoms with Gasteiger partial charge in [0.25, 0.3) is 0 Å². The lowest BCUT2D eigenvalue weighted by atomic mass is 9.64. The predicted octanol–water partition coefficient (Wildman–Crippen LogP) is 0.909. The van der Waals surface area contributed by atoms with E-state index in [9.17, 15) is 9.90 Å². The molecule has 1 N–H and O–H groups in total. The molecule has 6 atom stereocenters. The van der Waals surface area contributed by atoms with E-state index in [0.29, 0.717) is 0 Å². The predicted molar refractivity (Wildman–Crippen MR) is 60.5 cm³/mol. The van der Waals surface area contributed by atoms with Crippen LogP contribution in [0.5, 0.6) is 0 Å². The lowest BCUT2D eigenvalue weighted by Crippen LogP contribution is -2.62. The van der Waals surface area contributed by atoms with Crippen LogP contribution in [0.2, 0.25) is 0 Å². The van der Waals surface area contributed by atoms with Gasteiger partial charge in [-0.15, -0.1) is 0 Å². The van der Waals surface area contributed by atoms with E-state index in [0.717, 1.165) is 12.8 Å². The van der Waals surface area contributed by atoms with Crippen LogP contribution in [0.1, 0.15) is 33.1 Å². The number of fused-ring (bicyclic) bond motifs is 4. The van der Waals surface area contributed by atoms with E-state index < -0.39 is 17.1 Å². The van der Waals surface area contributed by atoms with Gasteiger partial charge in [0.2, 0.25) is 0 Å². The van der Waals surface area contributed by atoms with Crippen LogP contribution in [-0.4, -0.2) is 41.9 Å². The van der Waals surface area contributed by atoms with Gasteiger partial charge in [0.15, 0.2) is 5.78 Å². The molecule has 0 amide bonds. The first-order valence-corrected chi connectivity index (χ1v) is 6.38. The molecule has 2 saturated heterocycles. The molecule has 1 aliphatic carbocycles. The minimum Gasteiger partial charge on any atom is -0.388 e. The molecular weight excluding hydrogens is 220 g/mol. The Kier molecular flexibility index (Phi) is 2.26. The Morgan fingerprint density at radius 2 is 2.18 bits per heavy atom. The van der Waals surface area contributed by atoms with Crippen molar-refractivity contribution in [1.29, 1.82) is 0 Å². The molecule has 3 rings (SSSR count). The van der Waals surface area contributed by atoms with Crippen molar-refractivity contribution < 1.29 is 19.4 Å². The normalized spacial score (nSPS) is 57.3. The standard InChI is InChI=1S/C13H20O4/c1-7-9-4-5-10(17-9)12(2)11(16-3)8(14)6-13(7,12)15/h7,9-11,15H,4-6H2,1-3H3/t7-,9+,10-,11-,12+,13-/m1/s1. The number of ketones is 1. The average molecular weight is 240 g/mol. The smallest absolute Gasteiger partial charge is 0.165 e. The van der Waals surface area contributed by atoms with Gasteiger partial charge in [-0.25, -0.2) is 0 Å². The van der Waals surface area contributed by atoms with Gasteiger partial charge in [-0.1, -0.05) is 13.8 Å². The molecule has 17 heavy (non-hydrogen) atoms. The summed E-state index contributed by atoms with van der Waals surface area (Å²) in [7, 11) is 1.55. The van der Waals surface area contributed by atoms with E-state index in [1.165, 1.54) is 0 Å². The average Bonchev–Trinajstić information content (AvgIpc) is 2.80. The fourth-order valence-electron chi connectivity index (χ4n) is 4.36. The number of ether oxygens (including phenoxy) is 2. The van der Waals surface area contributed by atoms with Crippen LogP contribution >= 0.6 is 0 Å². The molecule has 4 nitrogen and oxygen atoms in total. The third-order valence-electron chi connectivity index (χ3n) is 5.48. The minimum atomic E-state index is -0.963. The van der Waals surface area contributed by atoms with Gasteiger partial charge in [-0.05, 0) is 12.8 Å². The van der Waals surface area contributed by atoms with Gasteiger partial charge in [-0.2, -0.15) is 0 Å². The molecule has 0 spiro atoms. The molecule has 0 aromatic rings. The van der Waals surface area contributed by atoms with Crippen LogP contribution in [-0.2, 0) is 14.3 Å². The Morgan fingerprint density at radius 3 is 2.82 bits per heavy atom. The first kappa shape index (κ1) is 11.6.